The highest BCUT2D eigenvalue weighted by atomic mass is 32.2. The predicted molar refractivity (Wildman–Crippen MR) is 131 cm³/mol. The minimum absolute atomic E-state index is 0.208. The Labute approximate surface area is 227 Å². The summed E-state index contributed by atoms with van der Waals surface area (Å²) in [6, 6.07) is 5.12. The summed E-state index contributed by atoms with van der Waals surface area (Å²) in [4.78, 5) is 39.0. The molecule has 1 heterocycles. The summed E-state index contributed by atoms with van der Waals surface area (Å²) in [6.07, 6.45) is -11.0. The van der Waals surface area contributed by atoms with Crippen molar-refractivity contribution in [2.75, 3.05) is 4.72 Å². The van der Waals surface area contributed by atoms with Crippen molar-refractivity contribution in [3.05, 3.63) is 63.6 Å². The van der Waals surface area contributed by atoms with Crippen LogP contribution in [-0.4, -0.2) is 48.2 Å². The summed E-state index contributed by atoms with van der Waals surface area (Å²) >= 11 is 0. The van der Waals surface area contributed by atoms with Gasteiger partial charge in [0.1, 0.15) is 5.69 Å². The molecule has 13 nitrogen and oxygen atoms in total. The van der Waals surface area contributed by atoms with Crippen LogP contribution in [0.1, 0.15) is 29.8 Å². The van der Waals surface area contributed by atoms with Crippen molar-refractivity contribution in [2.45, 2.75) is 44.1 Å². The molecule has 41 heavy (non-hydrogen) atoms. The molecular formula is C21H24F6N6O7S. The van der Waals surface area contributed by atoms with Crippen LogP contribution in [0.15, 0.2) is 46.3 Å². The van der Waals surface area contributed by atoms with Gasteiger partial charge in [-0.25, -0.2) is 13.2 Å². The Kier molecular flexibility index (Phi) is 11.2. The Morgan fingerprint density at radius 2 is 1.61 bits per heavy atom. The number of pyridine rings is 1. The molecule has 0 fully saturated rings. The number of hydrogen-bond donors (Lipinski definition) is 5. The molecule has 8 N–H and O–H groups in total. The van der Waals surface area contributed by atoms with Crippen molar-refractivity contribution in [3.8, 4) is 0 Å². The molecule has 0 radical (unpaired) electrons. The number of rotatable bonds is 9. The molecule has 2 rings (SSSR count). The van der Waals surface area contributed by atoms with Crippen molar-refractivity contribution in [1.29, 1.82) is 0 Å². The van der Waals surface area contributed by atoms with Crippen molar-refractivity contribution in [3.63, 3.8) is 0 Å². The van der Waals surface area contributed by atoms with E-state index in [2.05, 4.69) is 5.16 Å². The molecule has 1 amide bonds. The third-order valence-corrected chi connectivity index (χ3v) is 6.06. The van der Waals surface area contributed by atoms with E-state index in [0.717, 1.165) is 28.8 Å². The van der Waals surface area contributed by atoms with Crippen molar-refractivity contribution < 1.29 is 54.3 Å². The number of hydrogen-bond acceptors (Lipinski definition) is 7. The maximum Gasteiger partial charge on any atom is 0.490 e. The van der Waals surface area contributed by atoms with Gasteiger partial charge in [-0.05, 0) is 42.8 Å². The second-order valence-electron chi connectivity index (χ2n) is 8.06. The Morgan fingerprint density at radius 1 is 1.07 bits per heavy atom. The molecule has 0 spiro atoms. The van der Waals surface area contributed by atoms with E-state index in [0.29, 0.717) is 0 Å². The molecular weight excluding hydrogens is 594 g/mol. The van der Waals surface area contributed by atoms with Crippen molar-refractivity contribution >= 4 is 33.5 Å². The normalized spacial score (nSPS) is 13.2. The van der Waals surface area contributed by atoms with Crippen molar-refractivity contribution in [2.24, 2.45) is 22.4 Å². The summed E-state index contributed by atoms with van der Waals surface area (Å²) in [5, 5.41) is 10.4. The van der Waals surface area contributed by atoms with Gasteiger partial charge >= 0.3 is 18.3 Å². The first kappa shape index (κ1) is 34.5. The quantitative estimate of drug-likeness (QED) is 0.118. The molecule has 2 aromatic rings. The summed E-state index contributed by atoms with van der Waals surface area (Å²) in [5.41, 5.74) is 12.8. The van der Waals surface area contributed by atoms with Crippen molar-refractivity contribution in [1.82, 2.24) is 4.57 Å². The third-order valence-electron chi connectivity index (χ3n) is 4.84. The van der Waals surface area contributed by atoms with Gasteiger partial charge in [0.25, 0.3) is 5.56 Å². The van der Waals surface area contributed by atoms with E-state index in [1.165, 1.54) is 26.0 Å². The SMILES string of the molecule is Cc1ccc(NS(=O)(=O)Cc2ccccc2C(F)(F)F)c(=O)n1C(C(N)=O)C(C)ON=C(N)N.O=C(O)C(F)(F)F. The number of amides is 1. The minimum Gasteiger partial charge on any atom is -0.475 e. The number of carbonyl (C=O) groups excluding carboxylic acids is 1. The Morgan fingerprint density at radius 3 is 2.07 bits per heavy atom. The second-order valence-corrected chi connectivity index (χ2v) is 9.78. The third kappa shape index (κ3) is 10.2. The Bertz CT molecular complexity index is 1450. The number of sulfonamides is 1. The van der Waals surface area contributed by atoms with Crippen LogP contribution in [0.25, 0.3) is 0 Å². The predicted octanol–water partition coefficient (Wildman–Crippen LogP) is 1.37. The van der Waals surface area contributed by atoms with Crippen LogP contribution < -0.4 is 27.5 Å². The number of guanidine groups is 1. The van der Waals surface area contributed by atoms with E-state index in [-0.39, 0.29) is 5.69 Å². The van der Waals surface area contributed by atoms with Crippen LogP contribution in [0.5, 0.6) is 0 Å². The molecule has 0 saturated heterocycles. The number of alkyl halides is 6. The molecule has 0 saturated carbocycles. The molecule has 2 atom stereocenters. The highest BCUT2D eigenvalue weighted by Gasteiger charge is 2.38. The molecule has 1 aromatic carbocycles. The minimum atomic E-state index is -5.08. The molecule has 1 aromatic heterocycles. The molecule has 0 aliphatic heterocycles. The van der Waals surface area contributed by atoms with Gasteiger partial charge in [-0.2, -0.15) is 26.3 Å². The second kappa shape index (κ2) is 13.2. The zero-order valence-corrected chi connectivity index (χ0v) is 21.8. The van der Waals surface area contributed by atoms with Gasteiger partial charge in [0.05, 0.1) is 11.3 Å². The molecule has 20 heteroatoms. The first-order valence-electron chi connectivity index (χ1n) is 10.8. The number of benzene rings is 1. The number of nitrogens with one attached hydrogen (secondary N) is 1. The number of primary amides is 1. The fourth-order valence-electron chi connectivity index (χ4n) is 3.17. The lowest BCUT2D eigenvalue weighted by Crippen LogP contribution is -2.42. The lowest BCUT2D eigenvalue weighted by Gasteiger charge is -2.24. The number of nitrogens with two attached hydrogens (primary N) is 3. The van der Waals surface area contributed by atoms with Crippen LogP contribution in [-0.2, 0) is 36.4 Å². The number of nitrogens with zero attached hydrogens (tertiary/aromatic N) is 2. The summed E-state index contributed by atoms with van der Waals surface area (Å²) in [6.45, 7) is 2.79. The number of carbonyl (C=O) groups is 2. The summed E-state index contributed by atoms with van der Waals surface area (Å²) < 4.78 is 99.5. The molecule has 2 unspecified atom stereocenters. The number of oxime groups is 1. The largest absolute Gasteiger partial charge is 0.490 e. The average molecular weight is 619 g/mol. The smallest absolute Gasteiger partial charge is 0.475 e. The number of aliphatic carboxylic acids is 1. The number of carboxylic acid groups (broad SMARTS) is 1. The van der Waals surface area contributed by atoms with Gasteiger partial charge < -0.3 is 27.1 Å². The van der Waals surface area contributed by atoms with Crippen LogP contribution in [0, 0.1) is 6.92 Å². The highest BCUT2D eigenvalue weighted by molar-refractivity contribution is 7.91. The first-order chi connectivity index (χ1) is 18.6. The standard InChI is InChI=1S/C19H23F3N6O5S.C2HF3O2/c1-10-7-8-14(17(30)28(10)15(16(23)29)11(2)33-26-18(24)25)27-34(31,32)9-12-5-3-4-6-13(12)19(20,21)22;3-2(4,5)1(6)7/h3-8,11,15,27H,9H2,1-2H3,(H2,23,29)(H4,24,25,26);(H,6,7). The lowest BCUT2D eigenvalue weighted by atomic mass is 10.1. The maximum absolute atomic E-state index is 13.2. The fraction of sp³-hybridized carbons (Fsp3) is 0.333. The molecule has 228 valence electrons. The van der Waals surface area contributed by atoms with E-state index in [9.17, 15) is 44.3 Å². The van der Waals surface area contributed by atoms with Crippen LogP contribution in [0.2, 0.25) is 0 Å². The molecule has 0 bridgehead atoms. The lowest BCUT2D eigenvalue weighted by molar-refractivity contribution is -0.192. The van der Waals surface area contributed by atoms with Gasteiger partial charge in [-0.1, -0.05) is 18.2 Å². The van der Waals surface area contributed by atoms with Crippen LogP contribution in [0.3, 0.4) is 0 Å². The van der Waals surface area contributed by atoms with Gasteiger partial charge in [0.15, 0.2) is 12.1 Å². The van der Waals surface area contributed by atoms with E-state index in [1.54, 1.807) is 0 Å². The van der Waals surface area contributed by atoms with Gasteiger partial charge in [-0.3, -0.25) is 18.9 Å². The zero-order valence-electron chi connectivity index (χ0n) is 21.0. The van der Waals surface area contributed by atoms with Crippen LogP contribution >= 0.6 is 0 Å². The van der Waals surface area contributed by atoms with Crippen LogP contribution in [0.4, 0.5) is 32.0 Å². The first-order valence-corrected chi connectivity index (χ1v) is 12.5. The average Bonchev–Trinajstić information content (AvgIpc) is 2.81. The fourth-order valence-corrected chi connectivity index (χ4v) is 4.39. The van der Waals surface area contributed by atoms with Gasteiger partial charge in [0, 0.05) is 5.69 Å². The maximum atomic E-state index is 13.2. The van der Waals surface area contributed by atoms with Gasteiger partial charge in [0.2, 0.25) is 21.9 Å². The number of halogens is 6. The number of aryl methyl sites for hydroxylation is 1. The summed E-state index contributed by atoms with van der Waals surface area (Å²) in [5.74, 6) is -5.28. The van der Waals surface area contributed by atoms with E-state index >= 15 is 0 Å². The Hall–Kier alpha value is -4.49. The van der Waals surface area contributed by atoms with E-state index < -0.39 is 80.5 Å². The van der Waals surface area contributed by atoms with E-state index in [4.69, 9.17) is 31.9 Å². The Balaban J connectivity index is 0.00000106. The molecule has 0 aliphatic rings. The highest BCUT2D eigenvalue weighted by Crippen LogP contribution is 2.32. The summed E-state index contributed by atoms with van der Waals surface area (Å²) in [7, 11) is -4.48. The molecule has 0 aliphatic carbocycles. The number of carboxylic acids is 1. The van der Waals surface area contributed by atoms with E-state index in [1.807, 2.05) is 4.72 Å². The zero-order chi connectivity index (χ0) is 31.9. The monoisotopic (exact) mass is 618 g/mol. The number of aromatic nitrogens is 1. The van der Waals surface area contributed by atoms with Gasteiger partial charge in [-0.15, -0.1) is 0 Å². The topological polar surface area (TPSA) is 222 Å². The number of anilines is 1.